The number of carbonyl (C=O) groups excluding carboxylic acids is 1. The summed E-state index contributed by atoms with van der Waals surface area (Å²) in [6.45, 7) is 2.84. The number of amides is 1. The van der Waals surface area contributed by atoms with Crippen LogP contribution < -0.4 is 0 Å². The molecule has 1 unspecified atom stereocenters. The molecule has 2 fully saturated rings. The molecule has 7 nitrogen and oxygen atoms in total. The van der Waals surface area contributed by atoms with Gasteiger partial charge in [-0.3, -0.25) is 4.79 Å². The summed E-state index contributed by atoms with van der Waals surface area (Å²) < 4.78 is 13.1. The molecule has 0 spiro atoms. The van der Waals surface area contributed by atoms with Gasteiger partial charge in [-0.1, -0.05) is 18.0 Å². The van der Waals surface area contributed by atoms with Gasteiger partial charge in [0.25, 0.3) is 5.91 Å². The van der Waals surface area contributed by atoms with Crippen LogP contribution in [0.5, 0.6) is 0 Å². The van der Waals surface area contributed by atoms with E-state index in [4.69, 9.17) is 9.26 Å². The topological polar surface area (TPSA) is 73.4 Å². The lowest BCUT2D eigenvalue weighted by Crippen LogP contribution is -2.29. The highest BCUT2D eigenvalue weighted by molar-refractivity contribution is 5.93. The van der Waals surface area contributed by atoms with Gasteiger partial charge in [-0.2, -0.15) is 4.98 Å². The fourth-order valence-electron chi connectivity index (χ4n) is 4.12. The van der Waals surface area contributed by atoms with Crippen LogP contribution in [-0.2, 0) is 18.2 Å². The molecule has 0 N–H and O–H groups in total. The molecule has 0 aromatic carbocycles. The summed E-state index contributed by atoms with van der Waals surface area (Å²) in [6.07, 6.45) is 8.70. The van der Waals surface area contributed by atoms with E-state index in [2.05, 4.69) is 10.1 Å². The normalized spacial score (nSPS) is 20.6. The van der Waals surface area contributed by atoms with Gasteiger partial charge in [0.2, 0.25) is 5.89 Å². The van der Waals surface area contributed by atoms with Crippen molar-refractivity contribution >= 4 is 5.91 Å². The summed E-state index contributed by atoms with van der Waals surface area (Å²) in [4.78, 5) is 19.0. The lowest BCUT2D eigenvalue weighted by atomic mass is 10.1. The van der Waals surface area contributed by atoms with Gasteiger partial charge in [0, 0.05) is 39.4 Å². The Morgan fingerprint density at radius 2 is 2.19 bits per heavy atom. The Morgan fingerprint density at radius 3 is 2.96 bits per heavy atom. The van der Waals surface area contributed by atoms with Crippen LogP contribution in [-0.4, -0.2) is 51.8 Å². The highest BCUT2D eigenvalue weighted by atomic mass is 16.5. The largest absolute Gasteiger partial charge is 0.381 e. The van der Waals surface area contributed by atoms with Crippen molar-refractivity contribution in [3.05, 3.63) is 35.7 Å². The lowest BCUT2D eigenvalue weighted by Gasteiger charge is -2.16. The second kappa shape index (κ2) is 8.25. The molecule has 3 heterocycles. The smallest absolute Gasteiger partial charge is 0.270 e. The molecule has 1 aliphatic carbocycles. The summed E-state index contributed by atoms with van der Waals surface area (Å²) in [5.41, 5.74) is 0.710. The van der Waals surface area contributed by atoms with Crippen LogP contribution in [0.25, 0.3) is 0 Å². The Labute approximate surface area is 159 Å². The molecule has 0 bridgehead atoms. The predicted octanol–water partition coefficient (Wildman–Crippen LogP) is 2.79. The second-order valence-electron chi connectivity index (χ2n) is 7.77. The Morgan fingerprint density at radius 1 is 1.33 bits per heavy atom. The van der Waals surface area contributed by atoms with E-state index in [-0.39, 0.29) is 11.8 Å². The van der Waals surface area contributed by atoms with Gasteiger partial charge >= 0.3 is 0 Å². The molecule has 7 heteroatoms. The number of aromatic nitrogens is 3. The number of rotatable bonds is 7. The maximum absolute atomic E-state index is 12.6. The monoisotopic (exact) mass is 372 g/mol. The second-order valence-corrected chi connectivity index (χ2v) is 7.77. The van der Waals surface area contributed by atoms with Gasteiger partial charge in [-0.05, 0) is 37.3 Å². The standard InChI is InChI=1S/C20H28N4O3/c1-23-10-4-7-17(23)20(25)24-11-8-16(13-24)19-21-18(22-27-19)9-12-26-14-15-5-2-3-6-15/h4,7,10,15-16H,2-3,5-6,8-9,11-14H2,1H3. The molecular weight excluding hydrogens is 344 g/mol. The van der Waals surface area contributed by atoms with Gasteiger partial charge in [-0.25, -0.2) is 0 Å². The molecule has 1 amide bonds. The van der Waals surface area contributed by atoms with Crippen molar-refractivity contribution in [3.8, 4) is 0 Å². The Kier molecular flexibility index (Phi) is 5.57. The van der Waals surface area contributed by atoms with Gasteiger partial charge in [-0.15, -0.1) is 0 Å². The first kappa shape index (κ1) is 18.2. The summed E-state index contributed by atoms with van der Waals surface area (Å²) >= 11 is 0. The fourth-order valence-corrected chi connectivity index (χ4v) is 4.12. The zero-order chi connectivity index (χ0) is 18.6. The number of aryl methyl sites for hydroxylation is 1. The van der Waals surface area contributed by atoms with Crippen LogP contribution >= 0.6 is 0 Å². The molecule has 0 radical (unpaired) electrons. The molecule has 1 saturated heterocycles. The number of ether oxygens (including phenoxy) is 1. The van der Waals surface area contributed by atoms with Crippen LogP contribution in [0, 0.1) is 5.92 Å². The summed E-state index contributed by atoms with van der Waals surface area (Å²) in [6, 6.07) is 3.74. The minimum Gasteiger partial charge on any atom is -0.381 e. The van der Waals surface area contributed by atoms with E-state index in [1.54, 1.807) is 0 Å². The third-order valence-corrected chi connectivity index (χ3v) is 5.77. The van der Waals surface area contributed by atoms with E-state index in [9.17, 15) is 4.79 Å². The first-order valence-corrected chi connectivity index (χ1v) is 10.0. The predicted molar refractivity (Wildman–Crippen MR) is 99.5 cm³/mol. The molecule has 1 aliphatic heterocycles. The van der Waals surface area contributed by atoms with E-state index in [1.165, 1.54) is 25.7 Å². The van der Waals surface area contributed by atoms with Crippen LogP contribution in [0.2, 0.25) is 0 Å². The van der Waals surface area contributed by atoms with E-state index < -0.39 is 0 Å². The van der Waals surface area contributed by atoms with E-state index >= 15 is 0 Å². The highest BCUT2D eigenvalue weighted by Crippen LogP contribution is 2.27. The number of carbonyl (C=O) groups is 1. The Balaban J connectivity index is 1.25. The average Bonchev–Trinajstić information content (AvgIpc) is 3.45. The van der Waals surface area contributed by atoms with Crippen molar-refractivity contribution in [3.63, 3.8) is 0 Å². The highest BCUT2D eigenvalue weighted by Gasteiger charge is 2.32. The van der Waals surface area contributed by atoms with Crippen LogP contribution in [0.3, 0.4) is 0 Å². The van der Waals surface area contributed by atoms with Gasteiger partial charge in [0.05, 0.1) is 12.5 Å². The SMILES string of the molecule is Cn1cccc1C(=O)N1CCC(c2nc(CCOCC3CCCC3)no2)C1. The van der Waals surface area contributed by atoms with E-state index in [0.717, 1.165) is 25.5 Å². The van der Waals surface area contributed by atoms with Gasteiger partial charge in [0.15, 0.2) is 5.82 Å². The Bertz CT molecular complexity index is 763. The quantitative estimate of drug-likeness (QED) is 0.699. The third kappa shape index (κ3) is 4.24. The van der Waals surface area contributed by atoms with Crippen molar-refractivity contribution in [1.82, 2.24) is 19.6 Å². The molecule has 27 heavy (non-hydrogen) atoms. The molecule has 2 aliphatic rings. The van der Waals surface area contributed by atoms with Crippen LogP contribution in [0.4, 0.5) is 0 Å². The molecule has 146 valence electrons. The van der Waals surface area contributed by atoms with Crippen LogP contribution in [0.15, 0.2) is 22.9 Å². The summed E-state index contributed by atoms with van der Waals surface area (Å²) in [5.74, 6) is 2.25. The first-order chi connectivity index (χ1) is 13.2. The van der Waals surface area contributed by atoms with Crippen molar-refractivity contribution < 1.29 is 14.1 Å². The summed E-state index contributed by atoms with van der Waals surface area (Å²) in [5, 5.41) is 4.09. The Hall–Kier alpha value is -2.15. The third-order valence-electron chi connectivity index (χ3n) is 5.77. The van der Waals surface area contributed by atoms with Gasteiger partial charge in [0.1, 0.15) is 5.69 Å². The maximum atomic E-state index is 12.6. The van der Waals surface area contributed by atoms with Crippen LogP contribution in [0.1, 0.15) is 60.2 Å². The molecule has 4 rings (SSSR count). The van der Waals surface area contributed by atoms with Crippen molar-refractivity contribution in [2.24, 2.45) is 13.0 Å². The molecule has 2 aromatic rings. The maximum Gasteiger partial charge on any atom is 0.270 e. The van der Waals surface area contributed by atoms with E-state index in [1.807, 2.05) is 34.8 Å². The van der Waals surface area contributed by atoms with E-state index in [0.29, 0.717) is 37.0 Å². The zero-order valence-electron chi connectivity index (χ0n) is 16.0. The van der Waals surface area contributed by atoms with Crippen molar-refractivity contribution in [2.45, 2.75) is 44.4 Å². The number of hydrogen-bond donors (Lipinski definition) is 0. The average molecular weight is 372 g/mol. The number of hydrogen-bond acceptors (Lipinski definition) is 5. The summed E-state index contributed by atoms with van der Waals surface area (Å²) in [7, 11) is 1.89. The minimum atomic E-state index is 0.0602. The minimum absolute atomic E-state index is 0.0602. The van der Waals surface area contributed by atoms with Crippen molar-refractivity contribution in [1.29, 1.82) is 0 Å². The molecule has 2 aromatic heterocycles. The number of likely N-dealkylation sites (tertiary alicyclic amines) is 1. The lowest BCUT2D eigenvalue weighted by molar-refractivity contribution is 0.0780. The molecule has 1 saturated carbocycles. The van der Waals surface area contributed by atoms with Crippen molar-refractivity contribution in [2.75, 3.05) is 26.3 Å². The molecule has 1 atom stereocenters. The zero-order valence-corrected chi connectivity index (χ0v) is 16.0. The van der Waals surface area contributed by atoms with Gasteiger partial charge < -0.3 is 18.7 Å². The number of nitrogens with zero attached hydrogens (tertiary/aromatic N) is 4. The molecular formula is C20H28N4O3. The first-order valence-electron chi connectivity index (χ1n) is 10.0. The fraction of sp³-hybridized carbons (Fsp3) is 0.650.